The van der Waals surface area contributed by atoms with E-state index in [1.807, 2.05) is 17.3 Å². The third kappa shape index (κ3) is 68.1. The minimum Gasteiger partial charge on any atom is -0.389 e. The molecule has 5 aliphatic rings. The molecule has 4 aromatic heterocycles. The molecular weight excluding hydrogens is 1700 g/mol. The smallest absolute Gasteiger partial charge is 0.355 e. The summed E-state index contributed by atoms with van der Waals surface area (Å²) in [6.45, 7) is 27.9. The van der Waals surface area contributed by atoms with Gasteiger partial charge < -0.3 is 44.9 Å². The highest BCUT2D eigenvalue weighted by atomic mass is 35.5. The summed E-state index contributed by atoms with van der Waals surface area (Å²) in [5.41, 5.74) is 4.35. The molecule has 9 heterocycles. The number of aliphatic hydroxyl groups excluding tert-OH is 2. The van der Waals surface area contributed by atoms with E-state index in [4.69, 9.17) is 22.4 Å². The highest BCUT2D eigenvalue weighted by molar-refractivity contribution is 8.24. The van der Waals surface area contributed by atoms with Crippen LogP contribution in [0.2, 0.25) is 0 Å². The van der Waals surface area contributed by atoms with Gasteiger partial charge >= 0.3 is 1.28 Å². The van der Waals surface area contributed by atoms with Gasteiger partial charge in [-0.05, 0) is 191 Å². The SMILES string of the molecule is CCCCC/C=C\C/C=C\CCCCCCCCC(=O)CCCCCCCC/C=C\C/C=C\CCCCC.CCCCC/C=C\C/C=C\CCCCCCCCC1(CCCCCCCC/C=C\C/C=C\CCCCC)O[C@H]2CN(Cc3cnc[nH]3)C[C@@H]2O1.C[C@H]1CN(Cc2cnc[nH]2)C[C@@H]1C.C[C@H]1CNC[C@@H]1C.ClCc1cnc[nH]1.O[C@H]1CN(Cc2cnc[nH]2)C[C@@H]1O.[3H][P+](P)=S. The van der Waals surface area contributed by atoms with Gasteiger partial charge in [0.2, 0.25) is 0 Å². The number of nitrogens with zero attached hydrogens (tertiary/aromatic N) is 7. The number of aromatic nitrogens is 8. The van der Waals surface area contributed by atoms with Crippen LogP contribution in [0.1, 0.15) is 412 Å². The number of aliphatic hydroxyl groups is 2. The molecule has 5 fully saturated rings. The lowest BCUT2D eigenvalue weighted by molar-refractivity contribution is -0.194. The molecule has 131 heavy (non-hydrogen) atoms. The number of allylic oxidation sites excluding steroid dienone is 16. The largest absolute Gasteiger partial charge is 0.389 e. The number of alkyl halides is 1. The molecule has 2 unspecified atom stereocenters. The zero-order valence-electron chi connectivity index (χ0n) is 85.3. The third-order valence-electron chi connectivity index (χ3n) is 25.7. The van der Waals surface area contributed by atoms with Crippen LogP contribution >= 0.6 is 27.5 Å². The van der Waals surface area contributed by atoms with E-state index >= 15 is 0 Å². The van der Waals surface area contributed by atoms with Gasteiger partial charge in [-0.3, -0.25) is 19.5 Å². The van der Waals surface area contributed by atoms with Crippen molar-refractivity contribution in [2.75, 3.05) is 52.4 Å². The van der Waals surface area contributed by atoms with Gasteiger partial charge in [0.15, 0.2) is 24.6 Å². The molecule has 0 amide bonds. The highest BCUT2D eigenvalue weighted by Crippen LogP contribution is 2.41. The molecule has 21 heteroatoms. The average molecular weight is 1900 g/mol. The van der Waals surface area contributed by atoms with E-state index in [1.54, 1.807) is 37.7 Å². The number of carbonyl (C=O) groups is 1. The number of Topliss-reactive ketones (excluding diaryl/α,β-unsaturated/α-hetero) is 1. The average Bonchev–Trinajstić information content (AvgIpc) is 1.62. The second-order valence-electron chi connectivity index (χ2n) is 37.9. The number of H-pyrrole nitrogens is 4. The van der Waals surface area contributed by atoms with Gasteiger partial charge in [0.25, 0.3) is 0 Å². The molecule has 0 saturated carbocycles. The van der Waals surface area contributed by atoms with Crippen molar-refractivity contribution in [2.24, 2.45) is 23.7 Å². The van der Waals surface area contributed by atoms with Crippen molar-refractivity contribution in [3.8, 4) is 0 Å². The number of imidazole rings is 4. The standard InChI is InChI=1S/C45H77N3O2.C37H66O.C10H17N3.C8H13N3O2.C6H13N.C4H5ClN2.H2P2S/c1-3-5-7-9-11-13-15-17-19-21-23-25-27-29-31-33-35-45(49-43-39-48(40-44(43)50-45)38-42-37-46-41-47-42)36-34-32-30-28-26-24-22-20-18-16-14-12-10-8-6-4-2;1-3-5-7-9-11-13-15-17-19-21-23-25-27-29-31-33-35-37(38)36-34-32-30-28-26-24-22-20-18-16-14-12-10-8-6-4-2;1-8-4-13(5-9(8)2)6-10-3-11-7-12-10;12-7-3-11(4-8(7)13)2-6-1-9-5-10-6;1-5-3-7-4-6(5)2;5-1-4-2-6-3-7-4;1-2-3/h11-14,17-20,37,41,43-44H,3-10,15-16,21-36,38-40H2,1-2H3,(H,46,47);11-14,17-20H,3-10,15-16,21-36H2,1-2H3;3,7-9H,4-6H2,1-2H3,(H,11,12);1,5,7-8,12-13H,2-4H2,(H,9,10);5-7H,3-4H2,1-2H3;2-3H,1H2,(H,6,7);1H2/p+1/b2*13-11-,14-12-,19-17-,20-18-;;;;;/t43-,44-;;8-,9-;7-,8-;5-,6-;;/m0.000../s1/i/hT. The maximum atomic E-state index is 12.1. The number of rotatable bonds is 67. The van der Waals surface area contributed by atoms with Crippen LogP contribution in [0.4, 0.5) is 0 Å². The van der Waals surface area contributed by atoms with Gasteiger partial charge in [-0.25, -0.2) is 19.9 Å². The minimum atomic E-state index is -0.870. The zero-order chi connectivity index (χ0) is 95.3. The van der Waals surface area contributed by atoms with E-state index in [-0.39, 0.29) is 18.0 Å². The van der Waals surface area contributed by atoms with E-state index < -0.39 is 19.2 Å². The summed E-state index contributed by atoms with van der Waals surface area (Å²) in [7, 11) is 2.20. The number of nitrogens with one attached hydrogen (secondary N) is 5. The number of β-amino-alcohol motifs (C(OH)–C–C–N with tert-alkyl or cyclic N) is 2. The van der Waals surface area contributed by atoms with Crippen molar-refractivity contribution < 1.29 is 24.5 Å². The number of carbonyl (C=O) groups excluding carboxylic acids is 1. The number of halogens is 1. The van der Waals surface area contributed by atoms with Crippen LogP contribution in [0.15, 0.2) is 147 Å². The lowest BCUT2D eigenvalue weighted by Gasteiger charge is -2.30. The quantitative estimate of drug-likeness (QED) is 0.00949. The lowest BCUT2D eigenvalue weighted by Crippen LogP contribution is -2.35. The van der Waals surface area contributed by atoms with Crippen molar-refractivity contribution in [3.05, 3.63) is 170 Å². The molecule has 17 nitrogen and oxygen atoms in total. The van der Waals surface area contributed by atoms with Crippen LogP contribution in [0.5, 0.6) is 0 Å². The third-order valence-corrected chi connectivity index (χ3v) is 26.0. The Morgan fingerprint density at radius 3 is 0.908 bits per heavy atom. The van der Waals surface area contributed by atoms with Crippen LogP contribution < -0.4 is 5.32 Å². The van der Waals surface area contributed by atoms with E-state index in [1.165, 1.54) is 307 Å². The molecule has 0 aromatic carbocycles. The monoisotopic (exact) mass is 1890 g/mol. The number of unbranched alkanes of at least 4 members (excludes halogenated alkanes) is 36. The van der Waals surface area contributed by atoms with Crippen molar-refractivity contribution in [1.82, 2.24) is 59.9 Å². The summed E-state index contributed by atoms with van der Waals surface area (Å²) >= 11 is 9.71. The van der Waals surface area contributed by atoms with E-state index in [0.717, 1.165) is 125 Å². The first-order valence-electron chi connectivity index (χ1n) is 53.4. The summed E-state index contributed by atoms with van der Waals surface area (Å²) in [5.74, 6) is 4.13. The first-order chi connectivity index (χ1) is 64.5. The number of hydrogen-bond donors (Lipinski definition) is 7. The summed E-state index contributed by atoms with van der Waals surface area (Å²) in [6.07, 6.45) is 115. The first-order valence-corrected chi connectivity index (χ1v) is 57.1. The van der Waals surface area contributed by atoms with Crippen molar-refractivity contribution in [3.63, 3.8) is 0 Å². The fraction of sp³-hybridized carbons (Fsp3) is 0.736. The molecule has 10 atom stereocenters. The first kappa shape index (κ1) is 119. The van der Waals surface area contributed by atoms with Crippen LogP contribution in [0.3, 0.4) is 0 Å². The minimum absolute atomic E-state index is 0.201. The van der Waals surface area contributed by atoms with Gasteiger partial charge in [0.05, 0.1) is 52.3 Å². The summed E-state index contributed by atoms with van der Waals surface area (Å²) in [5, 5.41) is 21.9. The fourth-order valence-electron chi connectivity index (χ4n) is 17.1. The van der Waals surface area contributed by atoms with Gasteiger partial charge in [-0.1, -0.05) is 307 Å². The summed E-state index contributed by atoms with van der Waals surface area (Å²) in [6, 6.07) is 0. The molecule has 0 spiro atoms. The summed E-state index contributed by atoms with van der Waals surface area (Å²) < 4.78 is 20.1. The predicted octanol–water partition coefficient (Wildman–Crippen LogP) is 29.4. The van der Waals surface area contributed by atoms with Crippen molar-refractivity contribution in [2.45, 2.75) is 445 Å². The van der Waals surface area contributed by atoms with Gasteiger partial charge in [-0.2, -0.15) is 0 Å². The van der Waals surface area contributed by atoms with Crippen LogP contribution in [0.25, 0.3) is 0 Å². The molecule has 746 valence electrons. The molecule has 5 aliphatic heterocycles. The van der Waals surface area contributed by atoms with Gasteiger partial charge in [0, 0.05) is 132 Å². The summed E-state index contributed by atoms with van der Waals surface area (Å²) in [4.78, 5) is 47.1. The lowest BCUT2D eigenvalue weighted by atomic mass is 9.98. The molecule has 0 radical (unpaired) electrons. The zero-order valence-corrected chi connectivity index (χ0v) is 87.9. The fourth-order valence-corrected chi connectivity index (χ4v) is 17.3. The Balaban J connectivity index is 0.000000468. The predicted molar refractivity (Wildman–Crippen MR) is 570 cm³/mol. The molecule has 0 aliphatic carbocycles. The second-order valence-corrected chi connectivity index (χ2v) is 40.9. The van der Waals surface area contributed by atoms with Gasteiger partial charge in [0.1, 0.15) is 18.0 Å². The molecule has 9 rings (SSSR count). The highest BCUT2D eigenvalue weighted by Gasteiger charge is 2.50. The normalized spacial score (nSPS) is 19.9. The molecule has 4 aromatic rings. The number of fused-ring (bicyclic) bond motifs is 1. The molecular formula is C110H194ClN12O5P2S+. The number of ether oxygens (including phenoxy) is 2. The Morgan fingerprint density at radius 2 is 0.656 bits per heavy atom. The Bertz CT molecular complexity index is 3250. The van der Waals surface area contributed by atoms with Crippen LogP contribution in [-0.2, 0) is 51.6 Å². The number of likely N-dealkylation sites (tertiary alicyclic amines) is 3. The Morgan fingerprint density at radius 1 is 0.405 bits per heavy atom. The van der Waals surface area contributed by atoms with Crippen molar-refractivity contribution >= 4 is 45.1 Å². The topological polar surface area (TPSA) is 212 Å². The molecule has 5 saturated heterocycles. The van der Waals surface area contributed by atoms with E-state index in [9.17, 15) is 15.0 Å². The molecule has 0 bridgehead atoms. The number of hydrogen-bond acceptors (Lipinski definition) is 14. The molecule has 7 N–H and O–H groups in total. The Hall–Kier alpha value is -4.65. The Labute approximate surface area is 816 Å². The Kier molecular flexibility index (Phi) is 78.7. The number of ketones is 1. The van der Waals surface area contributed by atoms with Gasteiger partial charge in [-0.15, -0.1) is 11.6 Å². The van der Waals surface area contributed by atoms with E-state index in [2.05, 4.69) is 228 Å². The second kappa shape index (κ2) is 86.9. The van der Waals surface area contributed by atoms with E-state index in [0.29, 0.717) is 31.3 Å². The van der Waals surface area contributed by atoms with Crippen LogP contribution in [-0.4, -0.2) is 154 Å². The van der Waals surface area contributed by atoms with Crippen molar-refractivity contribution in [1.29, 1.82) is 1.28 Å². The van der Waals surface area contributed by atoms with Crippen LogP contribution in [0, 0.1) is 23.7 Å². The maximum Gasteiger partial charge on any atom is 0.355 e. The maximum absolute atomic E-state index is 12.1. The number of aromatic amines is 4.